The summed E-state index contributed by atoms with van der Waals surface area (Å²) in [5, 5.41) is 21.7. The van der Waals surface area contributed by atoms with Gasteiger partial charge in [0.15, 0.2) is 0 Å². The van der Waals surface area contributed by atoms with E-state index in [1.54, 1.807) is 18.3 Å². The molecule has 27 heavy (non-hydrogen) atoms. The molecule has 3 heterocycles. The van der Waals surface area contributed by atoms with Crippen molar-refractivity contribution in [3.8, 4) is 0 Å². The smallest absolute Gasteiger partial charge is 0.278 e. The van der Waals surface area contributed by atoms with Crippen LogP contribution in [0.1, 0.15) is 24.4 Å². The van der Waals surface area contributed by atoms with E-state index in [4.69, 9.17) is 0 Å². The Kier molecular flexibility index (Phi) is 4.45. The first-order valence-electron chi connectivity index (χ1n) is 8.86. The number of halogens is 1. The van der Waals surface area contributed by atoms with Crippen LogP contribution in [0, 0.1) is 0 Å². The third-order valence-electron chi connectivity index (χ3n) is 5.28. The van der Waals surface area contributed by atoms with E-state index in [1.807, 2.05) is 29.1 Å². The highest BCUT2D eigenvalue weighted by atomic mass is 35.5. The van der Waals surface area contributed by atoms with E-state index < -0.39 is 0 Å². The van der Waals surface area contributed by atoms with Crippen LogP contribution in [-0.2, 0) is 0 Å². The van der Waals surface area contributed by atoms with Crippen molar-refractivity contribution < 1.29 is 5.11 Å². The maximum atomic E-state index is 12.0. The average Bonchev–Trinajstić information content (AvgIpc) is 3.29. The minimum absolute atomic E-state index is 0. The molecule has 0 atom stereocenters. The SMILES string of the molecule is Cl.O=c1nc2ccc(=C(O)c3cnn(C4CCNCC4)c3)c3cccc1c23. The standard InChI is InChI=1S/C20H18N4O2.ClH/c25-19(12-10-22-24(11-12)13-6-8-21-9-7-13)15-4-5-17-18-14(15)2-1-3-16(18)20(26)23-17;/h1-5,10-11,13,21,25H,6-9H2;1H. The quantitative estimate of drug-likeness (QED) is 0.555. The summed E-state index contributed by atoms with van der Waals surface area (Å²) in [5.74, 6) is 0.174. The predicted octanol–water partition coefficient (Wildman–Crippen LogP) is 2.16. The molecule has 0 amide bonds. The van der Waals surface area contributed by atoms with Crippen molar-refractivity contribution in [3.63, 3.8) is 0 Å². The lowest BCUT2D eigenvalue weighted by Crippen LogP contribution is -2.29. The number of hydrogen-bond donors (Lipinski definition) is 2. The zero-order chi connectivity index (χ0) is 17.7. The molecule has 2 aromatic carbocycles. The van der Waals surface area contributed by atoms with Gasteiger partial charge in [0.2, 0.25) is 0 Å². The van der Waals surface area contributed by atoms with Crippen molar-refractivity contribution in [1.29, 1.82) is 0 Å². The van der Waals surface area contributed by atoms with Crippen LogP contribution >= 0.6 is 12.4 Å². The second-order valence-electron chi connectivity index (χ2n) is 6.82. The summed E-state index contributed by atoms with van der Waals surface area (Å²) in [5.41, 5.74) is 1.13. The van der Waals surface area contributed by atoms with Gasteiger partial charge in [-0.3, -0.25) is 9.48 Å². The predicted molar refractivity (Wildman–Crippen MR) is 108 cm³/mol. The first kappa shape index (κ1) is 17.7. The highest BCUT2D eigenvalue weighted by Crippen LogP contribution is 2.23. The maximum absolute atomic E-state index is 12.0. The second kappa shape index (κ2) is 6.79. The van der Waals surface area contributed by atoms with Gasteiger partial charge in [-0.2, -0.15) is 5.10 Å². The molecule has 0 bridgehead atoms. The van der Waals surface area contributed by atoms with E-state index in [2.05, 4.69) is 15.4 Å². The fraction of sp³-hybridized carbons (Fsp3) is 0.250. The van der Waals surface area contributed by atoms with Gasteiger partial charge in [0.25, 0.3) is 5.56 Å². The topological polar surface area (TPSA) is 80.0 Å². The van der Waals surface area contributed by atoms with E-state index in [0.29, 0.717) is 27.7 Å². The molecule has 0 unspecified atom stereocenters. The number of piperidine rings is 1. The molecule has 138 valence electrons. The molecule has 1 aliphatic heterocycles. The Labute approximate surface area is 161 Å². The molecule has 0 saturated carbocycles. The van der Waals surface area contributed by atoms with Gasteiger partial charge in [0, 0.05) is 16.8 Å². The molecule has 6 nitrogen and oxygen atoms in total. The molecule has 2 N–H and O–H groups in total. The molecule has 1 aliphatic rings. The zero-order valence-electron chi connectivity index (χ0n) is 14.6. The van der Waals surface area contributed by atoms with Crippen LogP contribution in [0.15, 0.2) is 47.5 Å². The minimum atomic E-state index is -0.221. The number of aliphatic hydroxyl groups excluding tert-OH is 1. The molecule has 0 aliphatic carbocycles. The Hall–Kier alpha value is -2.70. The van der Waals surface area contributed by atoms with Crippen LogP contribution in [0.3, 0.4) is 0 Å². The Morgan fingerprint density at radius 3 is 2.74 bits per heavy atom. The number of benzene rings is 2. The Balaban J connectivity index is 0.00000180. The minimum Gasteiger partial charge on any atom is -0.507 e. The first-order chi connectivity index (χ1) is 12.7. The lowest BCUT2D eigenvalue weighted by Gasteiger charge is -2.22. The summed E-state index contributed by atoms with van der Waals surface area (Å²) < 4.78 is 1.95. The lowest BCUT2D eigenvalue weighted by atomic mass is 10.0. The van der Waals surface area contributed by atoms with Gasteiger partial charge >= 0.3 is 0 Å². The van der Waals surface area contributed by atoms with E-state index in [-0.39, 0.29) is 23.7 Å². The van der Waals surface area contributed by atoms with Gasteiger partial charge in [-0.25, -0.2) is 4.98 Å². The molecule has 0 radical (unpaired) electrons. The number of hydrogen-bond acceptors (Lipinski definition) is 5. The van der Waals surface area contributed by atoms with Crippen molar-refractivity contribution in [2.75, 3.05) is 13.1 Å². The number of nitrogens with zero attached hydrogens (tertiary/aromatic N) is 3. The van der Waals surface area contributed by atoms with Gasteiger partial charge in [-0.1, -0.05) is 12.1 Å². The van der Waals surface area contributed by atoms with E-state index in [1.165, 1.54) is 0 Å². The van der Waals surface area contributed by atoms with Crippen LogP contribution < -0.4 is 16.1 Å². The van der Waals surface area contributed by atoms with Crippen molar-refractivity contribution in [2.45, 2.75) is 18.9 Å². The molecular formula is C20H19ClN4O2. The molecule has 5 rings (SSSR count). The molecule has 1 saturated heterocycles. The number of aromatic nitrogens is 3. The van der Waals surface area contributed by atoms with Gasteiger partial charge in [-0.15, -0.1) is 12.4 Å². The monoisotopic (exact) mass is 382 g/mol. The summed E-state index contributed by atoms with van der Waals surface area (Å²) in [6, 6.07) is 9.50. The van der Waals surface area contributed by atoms with Gasteiger partial charge < -0.3 is 10.4 Å². The fourth-order valence-corrected chi connectivity index (χ4v) is 3.92. The molecule has 2 aromatic heterocycles. The van der Waals surface area contributed by atoms with Crippen LogP contribution in [0.25, 0.3) is 27.4 Å². The van der Waals surface area contributed by atoms with E-state index in [9.17, 15) is 9.90 Å². The van der Waals surface area contributed by atoms with Crippen molar-refractivity contribution in [1.82, 2.24) is 20.1 Å². The van der Waals surface area contributed by atoms with Crippen LogP contribution in [-0.4, -0.2) is 33.0 Å². The van der Waals surface area contributed by atoms with E-state index >= 15 is 0 Å². The average molecular weight is 383 g/mol. The summed E-state index contributed by atoms with van der Waals surface area (Å²) in [6.07, 6.45) is 5.68. The molecule has 1 fully saturated rings. The second-order valence-corrected chi connectivity index (χ2v) is 6.82. The largest absolute Gasteiger partial charge is 0.507 e. The maximum Gasteiger partial charge on any atom is 0.278 e. The van der Waals surface area contributed by atoms with Crippen LogP contribution in [0.4, 0.5) is 0 Å². The van der Waals surface area contributed by atoms with Crippen LogP contribution in [0.2, 0.25) is 0 Å². The zero-order valence-corrected chi connectivity index (χ0v) is 15.4. The molecular weight excluding hydrogens is 364 g/mol. The number of aliphatic hydroxyl groups is 1. The lowest BCUT2D eigenvalue weighted by molar-refractivity contribution is 0.343. The Bertz CT molecular complexity index is 1210. The molecule has 7 heteroatoms. The normalized spacial score (nSPS) is 16.6. The fourth-order valence-electron chi connectivity index (χ4n) is 3.92. The van der Waals surface area contributed by atoms with Crippen molar-refractivity contribution in [3.05, 3.63) is 63.9 Å². The first-order valence-corrected chi connectivity index (χ1v) is 8.86. The third-order valence-corrected chi connectivity index (χ3v) is 5.28. The van der Waals surface area contributed by atoms with Crippen molar-refractivity contribution in [2.24, 2.45) is 0 Å². The molecule has 4 aromatic rings. The van der Waals surface area contributed by atoms with Gasteiger partial charge in [0.05, 0.1) is 28.7 Å². The summed E-state index contributed by atoms with van der Waals surface area (Å²) in [4.78, 5) is 16.1. The Morgan fingerprint density at radius 2 is 1.93 bits per heavy atom. The summed E-state index contributed by atoms with van der Waals surface area (Å²) in [6.45, 7) is 1.98. The van der Waals surface area contributed by atoms with E-state index in [0.717, 1.165) is 36.7 Å². The summed E-state index contributed by atoms with van der Waals surface area (Å²) in [7, 11) is 0. The van der Waals surface area contributed by atoms with Crippen molar-refractivity contribution >= 4 is 39.8 Å². The van der Waals surface area contributed by atoms with Gasteiger partial charge in [0.1, 0.15) is 5.76 Å². The highest BCUT2D eigenvalue weighted by Gasteiger charge is 2.17. The third kappa shape index (κ3) is 2.81. The van der Waals surface area contributed by atoms with Crippen LogP contribution in [0.5, 0.6) is 0 Å². The number of nitrogens with one attached hydrogen (secondary N) is 1. The highest BCUT2D eigenvalue weighted by molar-refractivity contribution is 6.09. The summed E-state index contributed by atoms with van der Waals surface area (Å²) >= 11 is 0. The van der Waals surface area contributed by atoms with Gasteiger partial charge in [-0.05, 0) is 49.5 Å². The molecule has 0 spiro atoms. The Morgan fingerprint density at radius 1 is 1.15 bits per heavy atom. The number of rotatable bonds is 2.